The van der Waals surface area contributed by atoms with Gasteiger partial charge in [0.2, 0.25) is 4.80 Å². The standard InChI is InChI=1S/C26H23N5O2S2/c1-18-24(25(32)31(29(18)2)20-8-5-4-6-9-20)28-26-30(22(17-35-26)23-10-7-15-33-23)27-16-19-11-13-21(34-3)14-12-19/h4-17H,1-3H3. The molecular formula is C26H23N5O2S2. The minimum absolute atomic E-state index is 0.188. The Morgan fingerprint density at radius 3 is 2.49 bits per heavy atom. The molecule has 35 heavy (non-hydrogen) atoms. The fourth-order valence-electron chi connectivity index (χ4n) is 3.68. The van der Waals surface area contributed by atoms with Crippen LogP contribution in [-0.4, -0.2) is 26.5 Å². The van der Waals surface area contributed by atoms with Crippen LogP contribution < -0.4 is 10.4 Å². The van der Waals surface area contributed by atoms with Crippen molar-refractivity contribution in [1.82, 2.24) is 14.0 Å². The molecule has 0 atom stereocenters. The molecule has 5 rings (SSSR count). The monoisotopic (exact) mass is 501 g/mol. The predicted molar refractivity (Wildman–Crippen MR) is 142 cm³/mol. The van der Waals surface area contributed by atoms with Crippen molar-refractivity contribution in [3.8, 4) is 17.1 Å². The zero-order valence-corrected chi connectivity index (χ0v) is 21.1. The molecule has 9 heteroatoms. The summed E-state index contributed by atoms with van der Waals surface area (Å²) in [5, 5.41) is 6.65. The molecular weight excluding hydrogens is 478 g/mol. The Balaban J connectivity index is 1.65. The van der Waals surface area contributed by atoms with Gasteiger partial charge in [0.05, 0.1) is 23.9 Å². The molecule has 5 aromatic rings. The third kappa shape index (κ3) is 4.48. The predicted octanol–water partition coefficient (Wildman–Crippen LogP) is 5.44. The second-order valence-corrected chi connectivity index (χ2v) is 9.45. The first-order valence-corrected chi connectivity index (χ1v) is 13.0. The molecule has 0 aliphatic rings. The van der Waals surface area contributed by atoms with Gasteiger partial charge in [-0.15, -0.1) is 23.1 Å². The van der Waals surface area contributed by atoms with Crippen LogP contribution in [0.3, 0.4) is 0 Å². The molecule has 0 saturated carbocycles. The van der Waals surface area contributed by atoms with E-state index in [1.54, 1.807) is 33.6 Å². The number of para-hydroxylation sites is 1. The van der Waals surface area contributed by atoms with Gasteiger partial charge in [-0.1, -0.05) is 30.3 Å². The lowest BCUT2D eigenvalue weighted by Gasteiger charge is -2.07. The Morgan fingerprint density at radius 2 is 1.80 bits per heavy atom. The third-order valence-corrected chi connectivity index (χ3v) is 7.19. The van der Waals surface area contributed by atoms with E-state index in [0.717, 1.165) is 22.6 Å². The quantitative estimate of drug-likeness (QED) is 0.230. The lowest BCUT2D eigenvalue weighted by atomic mass is 10.2. The number of hydrogen-bond acceptors (Lipinski definition) is 6. The molecule has 176 valence electrons. The van der Waals surface area contributed by atoms with E-state index in [2.05, 4.69) is 12.1 Å². The molecule has 7 nitrogen and oxygen atoms in total. The molecule has 0 saturated heterocycles. The smallest absolute Gasteiger partial charge is 0.297 e. The molecule has 0 spiro atoms. The van der Waals surface area contributed by atoms with Crippen molar-refractivity contribution in [3.05, 3.63) is 105 Å². The molecule has 3 heterocycles. The molecule has 0 bridgehead atoms. The van der Waals surface area contributed by atoms with E-state index in [1.807, 2.05) is 84.9 Å². The average molecular weight is 502 g/mol. The van der Waals surface area contributed by atoms with Crippen molar-refractivity contribution in [2.45, 2.75) is 11.8 Å². The highest BCUT2D eigenvalue weighted by Crippen LogP contribution is 2.22. The Hall–Kier alpha value is -3.82. The van der Waals surface area contributed by atoms with Crippen LogP contribution in [0.4, 0.5) is 5.69 Å². The van der Waals surface area contributed by atoms with E-state index < -0.39 is 0 Å². The summed E-state index contributed by atoms with van der Waals surface area (Å²) in [5.74, 6) is 0.670. The van der Waals surface area contributed by atoms with Gasteiger partial charge in [0, 0.05) is 17.3 Å². The summed E-state index contributed by atoms with van der Waals surface area (Å²) in [5.41, 5.74) is 3.44. The zero-order valence-electron chi connectivity index (χ0n) is 19.5. The number of benzene rings is 2. The van der Waals surface area contributed by atoms with Crippen LogP contribution in [0.5, 0.6) is 0 Å². The van der Waals surface area contributed by atoms with Gasteiger partial charge in [-0.05, 0) is 55.1 Å². The van der Waals surface area contributed by atoms with Gasteiger partial charge in [0.1, 0.15) is 5.69 Å². The van der Waals surface area contributed by atoms with Crippen molar-refractivity contribution in [2.75, 3.05) is 6.26 Å². The van der Waals surface area contributed by atoms with Crippen LogP contribution in [0.2, 0.25) is 0 Å². The average Bonchev–Trinajstić information content (AvgIpc) is 3.60. The van der Waals surface area contributed by atoms with Gasteiger partial charge in [-0.2, -0.15) is 5.10 Å². The summed E-state index contributed by atoms with van der Waals surface area (Å²) >= 11 is 3.09. The number of thioether (sulfide) groups is 1. The number of furan rings is 1. The van der Waals surface area contributed by atoms with Crippen LogP contribution in [0.15, 0.2) is 103 Å². The molecule has 0 N–H and O–H groups in total. The Labute approximate surface area is 210 Å². The number of rotatable bonds is 6. The summed E-state index contributed by atoms with van der Waals surface area (Å²) in [7, 11) is 1.86. The maximum Gasteiger partial charge on any atom is 0.297 e. The van der Waals surface area contributed by atoms with Gasteiger partial charge >= 0.3 is 0 Å². The van der Waals surface area contributed by atoms with E-state index in [-0.39, 0.29) is 5.56 Å². The lowest BCUT2D eigenvalue weighted by Crippen LogP contribution is -2.19. The first-order chi connectivity index (χ1) is 17.1. The molecule has 2 aromatic carbocycles. The maximum atomic E-state index is 13.4. The second kappa shape index (κ2) is 9.81. The van der Waals surface area contributed by atoms with Crippen LogP contribution in [0.1, 0.15) is 11.3 Å². The Bertz CT molecular complexity index is 1600. The number of thiazole rings is 1. The molecule has 0 fully saturated rings. The fourth-order valence-corrected chi connectivity index (χ4v) is 4.91. The molecule has 0 amide bonds. The minimum Gasteiger partial charge on any atom is -0.463 e. The number of hydrogen-bond donors (Lipinski definition) is 0. The highest BCUT2D eigenvalue weighted by Gasteiger charge is 2.17. The summed E-state index contributed by atoms with van der Waals surface area (Å²) in [6.45, 7) is 1.89. The van der Waals surface area contributed by atoms with Gasteiger partial charge in [-0.3, -0.25) is 9.48 Å². The summed E-state index contributed by atoms with van der Waals surface area (Å²) in [6.07, 6.45) is 5.45. The van der Waals surface area contributed by atoms with Crippen molar-refractivity contribution in [2.24, 2.45) is 17.1 Å². The maximum absolute atomic E-state index is 13.4. The number of nitrogens with zero attached hydrogens (tertiary/aromatic N) is 5. The highest BCUT2D eigenvalue weighted by molar-refractivity contribution is 7.98. The molecule has 0 unspecified atom stereocenters. The SMILES string of the molecule is CSc1ccc(C=Nn2c(-c3ccco3)csc2=Nc2c(C)n(C)n(-c3ccccc3)c2=O)cc1. The van der Waals surface area contributed by atoms with Gasteiger partial charge in [-0.25, -0.2) is 14.4 Å². The van der Waals surface area contributed by atoms with E-state index in [9.17, 15) is 4.79 Å². The topological polar surface area (TPSA) is 69.7 Å². The summed E-state index contributed by atoms with van der Waals surface area (Å²) < 4.78 is 10.8. The molecule has 0 aliphatic carbocycles. The normalized spacial score (nSPS) is 12.1. The first kappa shape index (κ1) is 22.9. The van der Waals surface area contributed by atoms with E-state index in [1.165, 1.54) is 16.2 Å². The van der Waals surface area contributed by atoms with Crippen LogP contribution in [0.25, 0.3) is 17.1 Å². The summed E-state index contributed by atoms with van der Waals surface area (Å²) in [4.78, 5) is 19.9. The van der Waals surface area contributed by atoms with Crippen molar-refractivity contribution >= 4 is 35.0 Å². The van der Waals surface area contributed by atoms with Gasteiger partial charge in [0.15, 0.2) is 11.4 Å². The highest BCUT2D eigenvalue weighted by atomic mass is 32.2. The van der Waals surface area contributed by atoms with Crippen molar-refractivity contribution < 1.29 is 4.42 Å². The van der Waals surface area contributed by atoms with Crippen LogP contribution >= 0.6 is 23.1 Å². The van der Waals surface area contributed by atoms with Crippen LogP contribution in [0, 0.1) is 6.92 Å². The summed E-state index contributed by atoms with van der Waals surface area (Å²) in [6, 6.07) is 21.4. The fraction of sp³-hybridized carbons (Fsp3) is 0.115. The van der Waals surface area contributed by atoms with Gasteiger partial charge in [0.25, 0.3) is 5.56 Å². The van der Waals surface area contributed by atoms with Crippen molar-refractivity contribution in [3.63, 3.8) is 0 Å². The Kier molecular flexibility index (Phi) is 6.43. The number of aromatic nitrogens is 3. The molecule has 0 radical (unpaired) electrons. The molecule has 0 aliphatic heterocycles. The van der Waals surface area contributed by atoms with Gasteiger partial charge < -0.3 is 4.42 Å². The molecule has 3 aromatic heterocycles. The minimum atomic E-state index is -0.188. The van der Waals surface area contributed by atoms with Crippen LogP contribution in [-0.2, 0) is 7.05 Å². The largest absolute Gasteiger partial charge is 0.463 e. The van der Waals surface area contributed by atoms with Crippen molar-refractivity contribution in [1.29, 1.82) is 0 Å². The third-order valence-electron chi connectivity index (χ3n) is 5.63. The van der Waals surface area contributed by atoms with E-state index >= 15 is 0 Å². The van der Waals surface area contributed by atoms with E-state index in [0.29, 0.717) is 16.2 Å². The Morgan fingerprint density at radius 1 is 1.03 bits per heavy atom. The second-order valence-electron chi connectivity index (χ2n) is 7.73. The van der Waals surface area contributed by atoms with E-state index in [4.69, 9.17) is 14.5 Å². The zero-order chi connectivity index (χ0) is 24.4. The first-order valence-electron chi connectivity index (χ1n) is 10.9. The lowest BCUT2D eigenvalue weighted by molar-refractivity contribution is 0.575.